The zero-order valence-corrected chi connectivity index (χ0v) is 12.4. The topological polar surface area (TPSA) is 12.0 Å². The molecule has 0 amide bonds. The Morgan fingerprint density at radius 2 is 1.65 bits per heavy atom. The highest BCUT2D eigenvalue weighted by molar-refractivity contribution is 4.92. The number of nitrogens with one attached hydrogen (secondary N) is 1. The summed E-state index contributed by atoms with van der Waals surface area (Å²) in [6, 6.07) is 0. The highest BCUT2D eigenvalue weighted by atomic mass is 14.9. The van der Waals surface area contributed by atoms with Crippen LogP contribution in [0.2, 0.25) is 0 Å². The van der Waals surface area contributed by atoms with Crippen LogP contribution in [0.15, 0.2) is 12.7 Å². The molecule has 1 unspecified atom stereocenters. The van der Waals surface area contributed by atoms with Gasteiger partial charge in [0.2, 0.25) is 0 Å². The molecule has 0 heterocycles. The van der Waals surface area contributed by atoms with Crippen molar-refractivity contribution in [2.24, 2.45) is 5.41 Å². The molecule has 0 aromatic rings. The van der Waals surface area contributed by atoms with Gasteiger partial charge < -0.3 is 5.32 Å². The minimum absolute atomic E-state index is 0.292. The summed E-state index contributed by atoms with van der Waals surface area (Å²) in [7, 11) is 0. The van der Waals surface area contributed by atoms with E-state index >= 15 is 0 Å². The van der Waals surface area contributed by atoms with Crippen molar-refractivity contribution >= 4 is 0 Å². The lowest BCUT2D eigenvalue weighted by Gasteiger charge is -2.26. The molecule has 0 aliphatic carbocycles. The van der Waals surface area contributed by atoms with E-state index in [1.165, 1.54) is 51.4 Å². The van der Waals surface area contributed by atoms with E-state index in [4.69, 9.17) is 0 Å². The molecule has 102 valence electrons. The first kappa shape index (κ1) is 16.7. The van der Waals surface area contributed by atoms with Crippen LogP contribution in [0.4, 0.5) is 0 Å². The van der Waals surface area contributed by atoms with Gasteiger partial charge in [-0.15, -0.1) is 6.58 Å². The summed E-state index contributed by atoms with van der Waals surface area (Å²) in [4.78, 5) is 0. The van der Waals surface area contributed by atoms with Crippen molar-refractivity contribution in [2.45, 2.75) is 72.1 Å². The Bertz CT molecular complexity index is 176. The quantitative estimate of drug-likeness (QED) is 0.376. The summed E-state index contributed by atoms with van der Waals surface area (Å²) in [6.07, 6.45) is 12.9. The smallest absolute Gasteiger partial charge is 0.00397 e. The average molecular weight is 239 g/mol. The van der Waals surface area contributed by atoms with Crippen LogP contribution in [0.5, 0.6) is 0 Å². The van der Waals surface area contributed by atoms with Gasteiger partial charge in [0.05, 0.1) is 0 Å². The van der Waals surface area contributed by atoms with Gasteiger partial charge >= 0.3 is 0 Å². The molecule has 1 nitrogen and oxygen atoms in total. The van der Waals surface area contributed by atoms with E-state index in [2.05, 4.69) is 38.7 Å². The molecule has 1 heteroatoms. The lowest BCUT2D eigenvalue weighted by atomic mass is 9.84. The van der Waals surface area contributed by atoms with Crippen LogP contribution in [-0.4, -0.2) is 13.1 Å². The van der Waals surface area contributed by atoms with Crippen LogP contribution in [-0.2, 0) is 0 Å². The standard InChI is InChI=1S/C16H33N/c1-5-8-9-10-11-12-13-16(4,7-3)15-17-14-6-2/h7,17H,3,5-6,8-15H2,1-2,4H3. The molecule has 0 saturated carbocycles. The van der Waals surface area contributed by atoms with E-state index in [0.29, 0.717) is 5.41 Å². The number of unbranched alkanes of at least 4 members (excludes halogenated alkanes) is 5. The molecule has 0 aliphatic heterocycles. The van der Waals surface area contributed by atoms with Crippen molar-refractivity contribution in [3.63, 3.8) is 0 Å². The molecule has 0 bridgehead atoms. The van der Waals surface area contributed by atoms with E-state index in [-0.39, 0.29) is 0 Å². The van der Waals surface area contributed by atoms with E-state index < -0.39 is 0 Å². The zero-order valence-electron chi connectivity index (χ0n) is 12.4. The van der Waals surface area contributed by atoms with Gasteiger partial charge in [0.1, 0.15) is 0 Å². The van der Waals surface area contributed by atoms with E-state index in [1.54, 1.807) is 0 Å². The third-order valence-corrected chi connectivity index (χ3v) is 3.55. The molecule has 0 radical (unpaired) electrons. The van der Waals surface area contributed by atoms with E-state index in [1.807, 2.05) is 0 Å². The number of hydrogen-bond donors (Lipinski definition) is 1. The molecule has 0 aromatic carbocycles. The molecule has 0 rings (SSSR count). The summed E-state index contributed by atoms with van der Waals surface area (Å²) in [5.41, 5.74) is 0.292. The molecule has 0 aliphatic rings. The summed E-state index contributed by atoms with van der Waals surface area (Å²) in [5, 5.41) is 3.52. The molecular weight excluding hydrogens is 206 g/mol. The average Bonchev–Trinajstić information content (AvgIpc) is 2.34. The Morgan fingerprint density at radius 3 is 2.24 bits per heavy atom. The van der Waals surface area contributed by atoms with Gasteiger partial charge in [-0.05, 0) is 24.8 Å². The van der Waals surface area contributed by atoms with Gasteiger partial charge in [0.15, 0.2) is 0 Å². The van der Waals surface area contributed by atoms with Crippen molar-refractivity contribution in [1.82, 2.24) is 5.32 Å². The molecule has 0 fully saturated rings. The van der Waals surface area contributed by atoms with E-state index in [9.17, 15) is 0 Å². The van der Waals surface area contributed by atoms with Crippen LogP contribution in [0.1, 0.15) is 72.1 Å². The van der Waals surface area contributed by atoms with Crippen molar-refractivity contribution in [2.75, 3.05) is 13.1 Å². The van der Waals surface area contributed by atoms with Gasteiger partial charge in [-0.1, -0.05) is 65.4 Å². The van der Waals surface area contributed by atoms with Crippen LogP contribution in [0.3, 0.4) is 0 Å². The van der Waals surface area contributed by atoms with Crippen LogP contribution in [0, 0.1) is 5.41 Å². The third-order valence-electron chi connectivity index (χ3n) is 3.55. The first-order chi connectivity index (χ1) is 8.18. The SMILES string of the molecule is C=CC(C)(CCCCCCCC)CNCCC. The Balaban J connectivity index is 3.60. The summed E-state index contributed by atoms with van der Waals surface area (Å²) in [5.74, 6) is 0. The Morgan fingerprint density at radius 1 is 1.00 bits per heavy atom. The van der Waals surface area contributed by atoms with Gasteiger partial charge in [0.25, 0.3) is 0 Å². The third kappa shape index (κ3) is 9.41. The van der Waals surface area contributed by atoms with Crippen molar-refractivity contribution in [1.29, 1.82) is 0 Å². The van der Waals surface area contributed by atoms with Gasteiger partial charge in [-0.25, -0.2) is 0 Å². The van der Waals surface area contributed by atoms with Gasteiger partial charge in [-0.3, -0.25) is 0 Å². The van der Waals surface area contributed by atoms with Crippen molar-refractivity contribution in [3.8, 4) is 0 Å². The van der Waals surface area contributed by atoms with Crippen molar-refractivity contribution < 1.29 is 0 Å². The second-order valence-electron chi connectivity index (χ2n) is 5.55. The second-order valence-corrected chi connectivity index (χ2v) is 5.55. The predicted octanol–water partition coefficient (Wildman–Crippen LogP) is 4.93. The highest BCUT2D eigenvalue weighted by Gasteiger charge is 2.18. The molecule has 0 saturated heterocycles. The second kappa shape index (κ2) is 10.8. The fraction of sp³-hybridized carbons (Fsp3) is 0.875. The number of rotatable bonds is 12. The number of hydrogen-bond acceptors (Lipinski definition) is 1. The lowest BCUT2D eigenvalue weighted by Crippen LogP contribution is -2.30. The molecule has 1 atom stereocenters. The van der Waals surface area contributed by atoms with Gasteiger partial charge in [-0.2, -0.15) is 0 Å². The zero-order chi connectivity index (χ0) is 13.0. The fourth-order valence-electron chi connectivity index (χ4n) is 2.12. The van der Waals surface area contributed by atoms with Crippen molar-refractivity contribution in [3.05, 3.63) is 12.7 Å². The monoisotopic (exact) mass is 239 g/mol. The van der Waals surface area contributed by atoms with Crippen LogP contribution in [0.25, 0.3) is 0 Å². The first-order valence-electron chi connectivity index (χ1n) is 7.53. The Kier molecular flexibility index (Phi) is 10.6. The summed E-state index contributed by atoms with van der Waals surface area (Å²) >= 11 is 0. The molecule has 0 aromatic heterocycles. The first-order valence-corrected chi connectivity index (χ1v) is 7.53. The van der Waals surface area contributed by atoms with E-state index in [0.717, 1.165) is 13.1 Å². The predicted molar refractivity (Wildman–Crippen MR) is 79.5 cm³/mol. The Labute approximate surface area is 109 Å². The lowest BCUT2D eigenvalue weighted by molar-refractivity contribution is 0.348. The molecule has 17 heavy (non-hydrogen) atoms. The summed E-state index contributed by atoms with van der Waals surface area (Å²) < 4.78 is 0. The van der Waals surface area contributed by atoms with Crippen LogP contribution < -0.4 is 5.32 Å². The normalized spacial score (nSPS) is 14.5. The molecule has 1 N–H and O–H groups in total. The van der Waals surface area contributed by atoms with Crippen LogP contribution >= 0.6 is 0 Å². The van der Waals surface area contributed by atoms with Gasteiger partial charge in [0, 0.05) is 6.54 Å². The highest BCUT2D eigenvalue weighted by Crippen LogP contribution is 2.25. The minimum atomic E-state index is 0.292. The maximum absolute atomic E-state index is 4.00. The maximum atomic E-state index is 4.00. The fourth-order valence-corrected chi connectivity index (χ4v) is 2.12. The largest absolute Gasteiger partial charge is 0.316 e. The molecule has 0 spiro atoms. The minimum Gasteiger partial charge on any atom is -0.316 e. The maximum Gasteiger partial charge on any atom is 0.00397 e. The molecular formula is C16H33N. The summed E-state index contributed by atoms with van der Waals surface area (Å²) in [6.45, 7) is 13.0. The Hall–Kier alpha value is -0.300.